The largest absolute Gasteiger partial charge is 0.448 e. The van der Waals surface area contributed by atoms with Gasteiger partial charge in [0.05, 0.1) is 0 Å². The van der Waals surface area contributed by atoms with E-state index in [9.17, 15) is 9.59 Å². The van der Waals surface area contributed by atoms with Crippen LogP contribution in [0, 0.1) is 0 Å². The molecule has 0 unspecified atom stereocenters. The minimum absolute atomic E-state index is 0.0481. The Kier molecular flexibility index (Phi) is 5.05. The lowest BCUT2D eigenvalue weighted by atomic mass is 10.3. The van der Waals surface area contributed by atoms with E-state index in [-0.39, 0.29) is 11.5 Å². The van der Waals surface area contributed by atoms with Crippen LogP contribution in [-0.2, 0) is 9.53 Å². The maximum Gasteiger partial charge on any atom is 0.361 e. The molecule has 114 valence electrons. The summed E-state index contributed by atoms with van der Waals surface area (Å²) in [5.41, 5.74) is 6.00. The second-order valence-corrected chi connectivity index (χ2v) is 5.25. The van der Waals surface area contributed by atoms with Crippen LogP contribution in [0.4, 0.5) is 11.5 Å². The van der Waals surface area contributed by atoms with E-state index in [1.807, 2.05) is 0 Å². The molecule has 7 nitrogen and oxygen atoms in total. The summed E-state index contributed by atoms with van der Waals surface area (Å²) in [6.07, 6.45) is 1.67. The van der Waals surface area contributed by atoms with Crippen LogP contribution < -0.4 is 11.1 Å². The van der Waals surface area contributed by atoms with Crippen LogP contribution in [0.3, 0.4) is 0 Å². The van der Waals surface area contributed by atoms with E-state index >= 15 is 0 Å². The van der Waals surface area contributed by atoms with E-state index in [1.54, 1.807) is 24.3 Å². The number of esters is 1. The maximum absolute atomic E-state index is 12.0. The number of aromatic nitrogens is 2. The molecule has 0 aliphatic carbocycles. The number of ether oxygens (including phenoxy) is 1. The van der Waals surface area contributed by atoms with Gasteiger partial charge in [-0.1, -0.05) is 15.9 Å². The van der Waals surface area contributed by atoms with E-state index in [4.69, 9.17) is 10.5 Å². The van der Waals surface area contributed by atoms with E-state index in [0.717, 1.165) is 4.47 Å². The van der Waals surface area contributed by atoms with Gasteiger partial charge in [0.15, 0.2) is 17.6 Å². The van der Waals surface area contributed by atoms with Gasteiger partial charge in [0.2, 0.25) is 0 Å². The Morgan fingerprint density at radius 3 is 2.50 bits per heavy atom. The van der Waals surface area contributed by atoms with Gasteiger partial charge in [-0.05, 0) is 31.2 Å². The SMILES string of the molecule is C[C@@H](OC(=O)c1nccnc1N)C(=O)Nc1ccc(Br)cc1. The fraction of sp³-hybridized carbons (Fsp3) is 0.143. The van der Waals surface area contributed by atoms with Crippen molar-refractivity contribution in [1.82, 2.24) is 9.97 Å². The molecule has 3 N–H and O–H groups in total. The molecule has 22 heavy (non-hydrogen) atoms. The minimum atomic E-state index is -1.00. The molecule has 2 rings (SSSR count). The third kappa shape index (κ3) is 4.01. The van der Waals surface area contributed by atoms with Crippen molar-refractivity contribution in [2.75, 3.05) is 11.1 Å². The van der Waals surface area contributed by atoms with Gasteiger partial charge in [-0.2, -0.15) is 0 Å². The van der Waals surface area contributed by atoms with E-state index < -0.39 is 18.0 Å². The number of halogens is 1. The first-order valence-corrected chi connectivity index (χ1v) is 7.10. The number of benzene rings is 1. The van der Waals surface area contributed by atoms with Crippen molar-refractivity contribution in [3.8, 4) is 0 Å². The van der Waals surface area contributed by atoms with Crippen LogP contribution in [0.25, 0.3) is 0 Å². The molecule has 0 aliphatic heterocycles. The van der Waals surface area contributed by atoms with Crippen molar-refractivity contribution < 1.29 is 14.3 Å². The zero-order chi connectivity index (χ0) is 16.1. The van der Waals surface area contributed by atoms with E-state index in [1.165, 1.54) is 19.3 Å². The lowest BCUT2D eigenvalue weighted by Crippen LogP contribution is -2.30. The number of nitrogens with two attached hydrogens (primary N) is 1. The molecule has 0 spiro atoms. The molecule has 0 aliphatic rings. The van der Waals surface area contributed by atoms with Crippen molar-refractivity contribution in [2.45, 2.75) is 13.0 Å². The van der Waals surface area contributed by atoms with E-state index in [0.29, 0.717) is 5.69 Å². The second-order valence-electron chi connectivity index (χ2n) is 4.33. The highest BCUT2D eigenvalue weighted by Crippen LogP contribution is 2.15. The molecule has 2 aromatic rings. The van der Waals surface area contributed by atoms with Crippen LogP contribution >= 0.6 is 15.9 Å². The molecule has 1 aromatic carbocycles. The van der Waals surface area contributed by atoms with Gasteiger partial charge in [-0.25, -0.2) is 14.8 Å². The molecule has 0 saturated carbocycles. The Balaban J connectivity index is 1.98. The first kappa shape index (κ1) is 15.9. The number of nitrogens with one attached hydrogen (secondary N) is 1. The number of hydrogen-bond acceptors (Lipinski definition) is 6. The van der Waals surface area contributed by atoms with Gasteiger partial charge in [-0.15, -0.1) is 0 Å². The van der Waals surface area contributed by atoms with Gasteiger partial charge in [-0.3, -0.25) is 4.79 Å². The smallest absolute Gasteiger partial charge is 0.361 e. The molecule has 0 saturated heterocycles. The maximum atomic E-state index is 12.0. The average molecular weight is 365 g/mol. The van der Waals surface area contributed by atoms with Gasteiger partial charge in [0, 0.05) is 22.6 Å². The fourth-order valence-corrected chi connectivity index (χ4v) is 1.82. The van der Waals surface area contributed by atoms with Crippen LogP contribution in [0.2, 0.25) is 0 Å². The molecule has 0 fully saturated rings. The lowest BCUT2D eigenvalue weighted by molar-refractivity contribution is -0.123. The molecule has 8 heteroatoms. The van der Waals surface area contributed by atoms with Gasteiger partial charge in [0.1, 0.15) is 0 Å². The quantitative estimate of drug-likeness (QED) is 0.803. The normalized spacial score (nSPS) is 11.5. The van der Waals surface area contributed by atoms with Crippen LogP contribution in [-0.4, -0.2) is 27.9 Å². The second kappa shape index (κ2) is 6.99. The molecule has 1 heterocycles. The Morgan fingerprint density at radius 1 is 1.23 bits per heavy atom. The highest BCUT2D eigenvalue weighted by Gasteiger charge is 2.21. The van der Waals surface area contributed by atoms with Crippen LogP contribution in [0.1, 0.15) is 17.4 Å². The van der Waals surface area contributed by atoms with E-state index in [2.05, 4.69) is 31.2 Å². The highest BCUT2D eigenvalue weighted by molar-refractivity contribution is 9.10. The Hall–Kier alpha value is -2.48. The zero-order valence-electron chi connectivity index (χ0n) is 11.6. The Morgan fingerprint density at radius 2 is 1.86 bits per heavy atom. The monoisotopic (exact) mass is 364 g/mol. The summed E-state index contributed by atoms with van der Waals surface area (Å²) in [6, 6.07) is 7.01. The lowest BCUT2D eigenvalue weighted by Gasteiger charge is -2.13. The van der Waals surface area contributed by atoms with Crippen molar-refractivity contribution in [3.63, 3.8) is 0 Å². The van der Waals surface area contributed by atoms with Crippen molar-refractivity contribution in [1.29, 1.82) is 0 Å². The number of rotatable bonds is 4. The number of carbonyl (C=O) groups excluding carboxylic acids is 2. The fourth-order valence-electron chi connectivity index (χ4n) is 1.55. The van der Waals surface area contributed by atoms with Crippen molar-refractivity contribution in [2.24, 2.45) is 0 Å². The molecule has 0 bridgehead atoms. The number of anilines is 2. The Labute approximate surface area is 135 Å². The first-order valence-electron chi connectivity index (χ1n) is 6.31. The number of nitrogen functional groups attached to an aromatic ring is 1. The summed E-state index contributed by atoms with van der Waals surface area (Å²) in [5.74, 6) is -1.31. The summed E-state index contributed by atoms with van der Waals surface area (Å²) in [7, 11) is 0. The third-order valence-corrected chi connectivity index (χ3v) is 3.21. The predicted molar refractivity (Wildman–Crippen MR) is 84.1 cm³/mol. The first-order chi connectivity index (χ1) is 10.5. The zero-order valence-corrected chi connectivity index (χ0v) is 13.2. The predicted octanol–water partition coefficient (Wildman–Crippen LogP) is 2.01. The topological polar surface area (TPSA) is 107 Å². The minimum Gasteiger partial charge on any atom is -0.448 e. The summed E-state index contributed by atoms with van der Waals surface area (Å²) in [5, 5.41) is 2.64. The molecular weight excluding hydrogens is 352 g/mol. The van der Waals surface area contributed by atoms with Crippen molar-refractivity contribution >= 4 is 39.3 Å². The standard InChI is InChI=1S/C14H13BrN4O3/c1-8(13(20)19-10-4-2-9(15)3-5-10)22-14(21)11-12(16)18-7-6-17-11/h2-8H,1H3,(H2,16,18)(H,19,20)/t8-/m1/s1. The highest BCUT2D eigenvalue weighted by atomic mass is 79.9. The van der Waals surface area contributed by atoms with Crippen LogP contribution in [0.5, 0.6) is 0 Å². The van der Waals surface area contributed by atoms with Gasteiger partial charge in [0.25, 0.3) is 5.91 Å². The Bertz CT molecular complexity index is 691. The van der Waals surface area contributed by atoms with Crippen LogP contribution in [0.15, 0.2) is 41.1 Å². The van der Waals surface area contributed by atoms with Gasteiger partial charge < -0.3 is 15.8 Å². The average Bonchev–Trinajstić information content (AvgIpc) is 2.49. The summed E-state index contributed by atoms with van der Waals surface area (Å²) in [6.45, 7) is 1.46. The molecule has 1 aromatic heterocycles. The number of nitrogens with zero attached hydrogens (tertiary/aromatic N) is 2. The number of hydrogen-bond donors (Lipinski definition) is 2. The molecule has 0 radical (unpaired) electrons. The number of carbonyl (C=O) groups is 2. The summed E-state index contributed by atoms with van der Waals surface area (Å²) in [4.78, 5) is 31.4. The molecule has 1 amide bonds. The third-order valence-electron chi connectivity index (χ3n) is 2.68. The summed E-state index contributed by atoms with van der Waals surface area (Å²) >= 11 is 3.30. The van der Waals surface area contributed by atoms with Crippen molar-refractivity contribution in [3.05, 3.63) is 46.8 Å². The molecular formula is C14H13BrN4O3. The number of amides is 1. The summed E-state index contributed by atoms with van der Waals surface area (Å²) < 4.78 is 5.92. The molecule has 1 atom stereocenters. The van der Waals surface area contributed by atoms with Gasteiger partial charge >= 0.3 is 5.97 Å².